The van der Waals surface area contributed by atoms with E-state index in [-0.39, 0.29) is 11.9 Å². The van der Waals surface area contributed by atoms with Crippen molar-refractivity contribution in [1.82, 2.24) is 10.2 Å². The summed E-state index contributed by atoms with van der Waals surface area (Å²) in [6.07, 6.45) is 5.88. The van der Waals surface area contributed by atoms with Gasteiger partial charge in [0.15, 0.2) is 0 Å². The van der Waals surface area contributed by atoms with Gasteiger partial charge < -0.3 is 15.8 Å². The van der Waals surface area contributed by atoms with E-state index < -0.39 is 0 Å². The normalized spacial score (nSPS) is 30.1. The van der Waals surface area contributed by atoms with Gasteiger partial charge >= 0.3 is 0 Å². The fourth-order valence-electron chi connectivity index (χ4n) is 2.99. The molecule has 1 unspecified atom stereocenters. The number of nitrogens with one attached hydrogen (secondary N) is 1. The summed E-state index contributed by atoms with van der Waals surface area (Å²) in [6, 6.07) is 0.333. The second-order valence-corrected chi connectivity index (χ2v) is 6.38. The smallest absolute Gasteiger partial charge is 0.239 e. The third-order valence-corrected chi connectivity index (χ3v) is 4.64. The van der Waals surface area contributed by atoms with Crippen LogP contribution in [0.1, 0.15) is 32.1 Å². The first kappa shape index (κ1) is 13.3. The fourth-order valence-corrected chi connectivity index (χ4v) is 2.99. The number of amides is 1. The van der Waals surface area contributed by atoms with Gasteiger partial charge in [0.1, 0.15) is 6.04 Å². The van der Waals surface area contributed by atoms with E-state index in [1.165, 1.54) is 12.8 Å². The lowest BCUT2D eigenvalue weighted by atomic mass is 10.0. The van der Waals surface area contributed by atoms with Crippen molar-refractivity contribution >= 4 is 5.91 Å². The molecule has 1 aliphatic heterocycles. The molecule has 5 heteroatoms. The summed E-state index contributed by atoms with van der Waals surface area (Å²) in [5.74, 6) is 0.158. The minimum Gasteiger partial charge on any atom is -0.378 e. The van der Waals surface area contributed by atoms with E-state index in [1.54, 1.807) is 0 Å². The van der Waals surface area contributed by atoms with Crippen molar-refractivity contribution in [2.24, 2.45) is 11.1 Å². The van der Waals surface area contributed by atoms with Gasteiger partial charge in [0.25, 0.3) is 0 Å². The Labute approximate surface area is 114 Å². The lowest BCUT2D eigenvalue weighted by Crippen LogP contribution is -2.55. The summed E-state index contributed by atoms with van der Waals surface area (Å²) in [7, 11) is 0. The van der Waals surface area contributed by atoms with Gasteiger partial charge in [-0.2, -0.15) is 0 Å². The molecule has 2 aliphatic carbocycles. The minimum atomic E-state index is -0.0930. The number of hydrogen-bond donors (Lipinski definition) is 2. The molecule has 3 rings (SSSR count). The lowest BCUT2D eigenvalue weighted by molar-refractivity contribution is -0.133. The summed E-state index contributed by atoms with van der Waals surface area (Å²) in [6.45, 7) is 3.91. The minimum absolute atomic E-state index is 0.0930. The molecule has 1 atom stereocenters. The van der Waals surface area contributed by atoms with Gasteiger partial charge in [-0.05, 0) is 44.1 Å². The number of ether oxygens (including phenoxy) is 1. The van der Waals surface area contributed by atoms with Gasteiger partial charge in [0.2, 0.25) is 5.91 Å². The maximum atomic E-state index is 12.3. The van der Waals surface area contributed by atoms with Crippen LogP contribution in [0, 0.1) is 5.41 Å². The summed E-state index contributed by atoms with van der Waals surface area (Å²) in [4.78, 5) is 14.6. The van der Waals surface area contributed by atoms with Crippen LogP contribution >= 0.6 is 0 Å². The average molecular weight is 267 g/mol. The number of nitrogens with zero attached hydrogens (tertiary/aromatic N) is 1. The lowest BCUT2D eigenvalue weighted by Gasteiger charge is -2.37. The van der Waals surface area contributed by atoms with Gasteiger partial charge in [0.05, 0.1) is 13.2 Å². The average Bonchev–Trinajstić information content (AvgIpc) is 3.29. The van der Waals surface area contributed by atoms with Crippen LogP contribution < -0.4 is 11.1 Å². The molecule has 0 aromatic carbocycles. The summed E-state index contributed by atoms with van der Waals surface area (Å²) >= 11 is 0. The molecule has 1 amide bonds. The van der Waals surface area contributed by atoms with Crippen LogP contribution in [0.15, 0.2) is 0 Å². The van der Waals surface area contributed by atoms with Crippen LogP contribution in [0.2, 0.25) is 0 Å². The maximum Gasteiger partial charge on any atom is 0.239 e. The second kappa shape index (κ2) is 5.38. The van der Waals surface area contributed by atoms with Crippen LogP contribution in [0.25, 0.3) is 0 Å². The molecule has 3 fully saturated rings. The highest BCUT2D eigenvalue weighted by molar-refractivity contribution is 5.82. The summed E-state index contributed by atoms with van der Waals surface area (Å²) in [5.41, 5.74) is 6.10. The quantitative estimate of drug-likeness (QED) is 0.716. The predicted molar refractivity (Wildman–Crippen MR) is 72.7 cm³/mol. The van der Waals surface area contributed by atoms with Crippen LogP contribution in [0.5, 0.6) is 0 Å². The molecule has 0 spiro atoms. The van der Waals surface area contributed by atoms with Crippen molar-refractivity contribution in [3.05, 3.63) is 0 Å². The van der Waals surface area contributed by atoms with Crippen molar-refractivity contribution in [3.8, 4) is 0 Å². The largest absolute Gasteiger partial charge is 0.378 e. The second-order valence-electron chi connectivity index (χ2n) is 6.38. The first-order chi connectivity index (χ1) is 9.22. The maximum absolute atomic E-state index is 12.3. The molecular weight excluding hydrogens is 242 g/mol. The zero-order valence-electron chi connectivity index (χ0n) is 11.6. The van der Waals surface area contributed by atoms with Crippen molar-refractivity contribution in [1.29, 1.82) is 0 Å². The Balaban J connectivity index is 1.58. The number of carbonyl (C=O) groups excluding carboxylic acids is 1. The van der Waals surface area contributed by atoms with Gasteiger partial charge in [-0.3, -0.25) is 9.69 Å². The fraction of sp³-hybridized carbons (Fsp3) is 0.929. The Morgan fingerprint density at radius 3 is 2.84 bits per heavy atom. The molecule has 19 heavy (non-hydrogen) atoms. The van der Waals surface area contributed by atoms with E-state index in [1.807, 2.05) is 0 Å². The first-order valence-electron chi connectivity index (χ1n) is 7.55. The predicted octanol–water partition coefficient (Wildman–Crippen LogP) is 0.0948. The third kappa shape index (κ3) is 3.27. The molecule has 0 bridgehead atoms. The van der Waals surface area contributed by atoms with E-state index in [4.69, 9.17) is 10.5 Å². The standard InChI is InChI=1S/C14H25N3O2/c15-6-5-14(3-4-14)10-17-7-8-19-9-12(17)13(18)16-11-1-2-11/h11-12H,1-10,15H2,(H,16,18). The Morgan fingerprint density at radius 1 is 1.42 bits per heavy atom. The van der Waals surface area contributed by atoms with E-state index in [0.29, 0.717) is 18.1 Å². The van der Waals surface area contributed by atoms with Crippen molar-refractivity contribution in [3.63, 3.8) is 0 Å². The molecule has 0 radical (unpaired) electrons. The van der Waals surface area contributed by atoms with E-state index in [2.05, 4.69) is 10.2 Å². The van der Waals surface area contributed by atoms with Crippen LogP contribution in [0.3, 0.4) is 0 Å². The van der Waals surface area contributed by atoms with Crippen LogP contribution in [-0.4, -0.2) is 55.7 Å². The molecule has 0 aromatic rings. The Hall–Kier alpha value is -0.650. The summed E-state index contributed by atoms with van der Waals surface area (Å²) < 4.78 is 5.50. The monoisotopic (exact) mass is 267 g/mol. The van der Waals surface area contributed by atoms with Gasteiger partial charge in [-0.15, -0.1) is 0 Å². The van der Waals surface area contributed by atoms with E-state index >= 15 is 0 Å². The number of carbonyl (C=O) groups is 1. The SMILES string of the molecule is NCCC1(CN2CCOCC2C(=O)NC2CC2)CC1. The number of morpholine rings is 1. The van der Waals surface area contributed by atoms with Gasteiger partial charge in [0, 0.05) is 19.1 Å². The number of nitrogens with two attached hydrogens (primary N) is 1. The zero-order valence-corrected chi connectivity index (χ0v) is 11.6. The highest BCUT2D eigenvalue weighted by Gasteiger charge is 2.45. The Bertz CT molecular complexity index is 340. The molecule has 0 aromatic heterocycles. The van der Waals surface area contributed by atoms with Crippen molar-refractivity contribution in [2.45, 2.75) is 44.2 Å². The topological polar surface area (TPSA) is 67.6 Å². The Kier molecular flexibility index (Phi) is 3.78. The zero-order chi connectivity index (χ0) is 13.3. The molecule has 1 heterocycles. The molecule has 1 saturated heterocycles. The third-order valence-electron chi connectivity index (χ3n) is 4.64. The molecule has 108 valence electrons. The number of rotatable bonds is 6. The van der Waals surface area contributed by atoms with Gasteiger partial charge in [-0.25, -0.2) is 0 Å². The number of hydrogen-bond acceptors (Lipinski definition) is 4. The van der Waals surface area contributed by atoms with Crippen LogP contribution in [-0.2, 0) is 9.53 Å². The molecule has 2 saturated carbocycles. The Morgan fingerprint density at radius 2 is 2.21 bits per heavy atom. The molecular formula is C14H25N3O2. The molecule has 3 aliphatic rings. The highest BCUT2D eigenvalue weighted by Crippen LogP contribution is 2.49. The molecule has 3 N–H and O–H groups in total. The van der Waals surface area contributed by atoms with Gasteiger partial charge in [-0.1, -0.05) is 0 Å². The van der Waals surface area contributed by atoms with Crippen molar-refractivity contribution in [2.75, 3.05) is 32.8 Å². The highest BCUT2D eigenvalue weighted by atomic mass is 16.5. The van der Waals surface area contributed by atoms with E-state index in [9.17, 15) is 4.79 Å². The summed E-state index contributed by atoms with van der Waals surface area (Å²) in [5, 5.41) is 3.11. The molecule has 5 nitrogen and oxygen atoms in total. The first-order valence-corrected chi connectivity index (χ1v) is 7.55. The van der Waals surface area contributed by atoms with Crippen molar-refractivity contribution < 1.29 is 9.53 Å². The van der Waals surface area contributed by atoms with E-state index in [0.717, 1.165) is 45.5 Å². The van der Waals surface area contributed by atoms with Crippen LogP contribution in [0.4, 0.5) is 0 Å².